The van der Waals surface area contributed by atoms with Gasteiger partial charge in [0.15, 0.2) is 13.3 Å². The summed E-state index contributed by atoms with van der Waals surface area (Å²) in [4.78, 5) is 10.8. The van der Waals surface area contributed by atoms with E-state index in [1.54, 1.807) is 0 Å². The molecule has 4 nitrogen and oxygen atoms in total. The smallest absolute Gasteiger partial charge is 0.427 e. The summed E-state index contributed by atoms with van der Waals surface area (Å²) in [6.45, 7) is -4.39. The van der Waals surface area contributed by atoms with E-state index in [1.807, 2.05) is 0 Å². The highest BCUT2D eigenvalue weighted by atomic mass is 19.3. The van der Waals surface area contributed by atoms with Crippen LogP contribution in [0, 0.1) is 0 Å². The number of hydrogen-bond acceptors (Lipinski definition) is 3. The molecule has 0 heterocycles. The number of halogens is 6. The Morgan fingerprint density at radius 2 is 1.57 bits per heavy atom. The molecule has 0 saturated carbocycles. The van der Waals surface area contributed by atoms with Crippen molar-refractivity contribution in [3.63, 3.8) is 0 Å². The predicted octanol–water partition coefficient (Wildman–Crippen LogP) is 3.27. The molecule has 118 valence electrons. The molecular formula is C11H8F6O4. The Hall–Kier alpha value is -2.13. The normalized spacial score (nSPS) is 12.1. The molecule has 1 aromatic rings. The summed E-state index contributed by atoms with van der Waals surface area (Å²) in [6, 6.07) is 1.64. The maximum absolute atomic E-state index is 12.7. The third kappa shape index (κ3) is 4.72. The molecule has 21 heavy (non-hydrogen) atoms. The van der Waals surface area contributed by atoms with Crippen LogP contribution >= 0.6 is 0 Å². The van der Waals surface area contributed by atoms with Crippen LogP contribution in [0.2, 0.25) is 0 Å². The highest BCUT2D eigenvalue weighted by molar-refractivity contribution is 5.91. The van der Waals surface area contributed by atoms with Crippen molar-refractivity contribution in [2.75, 3.05) is 13.3 Å². The lowest BCUT2D eigenvalue weighted by molar-refractivity contribution is -0.188. The Kier molecular flexibility index (Phi) is 4.92. The van der Waals surface area contributed by atoms with Crippen molar-refractivity contribution in [3.05, 3.63) is 23.8 Å². The molecule has 1 aromatic carbocycles. The number of carboxylic acid groups (broad SMARTS) is 1. The van der Waals surface area contributed by atoms with E-state index in [-0.39, 0.29) is 0 Å². The van der Waals surface area contributed by atoms with Gasteiger partial charge in [-0.15, -0.1) is 0 Å². The largest absolute Gasteiger partial charge is 0.478 e. The van der Waals surface area contributed by atoms with Crippen LogP contribution < -0.4 is 9.47 Å². The first-order valence-electron chi connectivity index (χ1n) is 5.23. The molecule has 0 aromatic heterocycles. The molecule has 10 heteroatoms. The van der Waals surface area contributed by atoms with Gasteiger partial charge in [-0.25, -0.2) is 13.6 Å². The predicted molar refractivity (Wildman–Crippen MR) is 56.5 cm³/mol. The lowest BCUT2D eigenvalue weighted by Gasteiger charge is -2.18. The average molecular weight is 318 g/mol. The second kappa shape index (κ2) is 6.10. The fourth-order valence-corrected chi connectivity index (χ4v) is 1.22. The lowest BCUT2D eigenvalue weighted by atomic mass is 10.2. The maximum Gasteiger partial charge on any atom is 0.427 e. The number of rotatable bonds is 7. The molecule has 0 unspecified atom stereocenters. The number of carbonyl (C=O) groups is 1. The minimum absolute atomic E-state index is 0.426. The molecule has 0 saturated heterocycles. The molecule has 0 aliphatic carbocycles. The van der Waals surface area contributed by atoms with Gasteiger partial charge in [0.25, 0.3) is 0 Å². The molecule has 0 amide bonds. The van der Waals surface area contributed by atoms with Gasteiger partial charge in [0, 0.05) is 0 Å². The van der Waals surface area contributed by atoms with Gasteiger partial charge in [-0.05, 0) is 18.2 Å². The number of carboxylic acids is 1. The molecule has 0 fully saturated rings. The van der Waals surface area contributed by atoms with E-state index < -0.39 is 48.6 Å². The summed E-state index contributed by atoms with van der Waals surface area (Å²) in [5.41, 5.74) is -0.977. The summed E-state index contributed by atoms with van der Waals surface area (Å²) in [7, 11) is 0. The van der Waals surface area contributed by atoms with Crippen molar-refractivity contribution in [1.29, 1.82) is 0 Å². The van der Waals surface area contributed by atoms with Gasteiger partial charge in [0.05, 0.1) is 0 Å². The number of ether oxygens (including phenoxy) is 2. The minimum Gasteiger partial charge on any atom is -0.478 e. The van der Waals surface area contributed by atoms with Crippen molar-refractivity contribution in [2.45, 2.75) is 12.2 Å². The van der Waals surface area contributed by atoms with Crippen LogP contribution in [0.5, 0.6) is 11.5 Å². The quantitative estimate of drug-likeness (QED) is 0.784. The molecule has 0 radical (unpaired) electrons. The topological polar surface area (TPSA) is 55.8 Å². The zero-order valence-corrected chi connectivity index (χ0v) is 10.1. The highest BCUT2D eigenvalue weighted by Crippen LogP contribution is 2.31. The number of benzene rings is 1. The van der Waals surface area contributed by atoms with E-state index in [9.17, 15) is 31.1 Å². The Morgan fingerprint density at radius 1 is 1.05 bits per heavy atom. The average Bonchev–Trinajstić information content (AvgIpc) is 2.39. The lowest BCUT2D eigenvalue weighted by Crippen LogP contribution is -2.28. The van der Waals surface area contributed by atoms with E-state index in [2.05, 4.69) is 9.47 Å². The van der Waals surface area contributed by atoms with Crippen LogP contribution in [0.1, 0.15) is 10.4 Å². The SMILES string of the molecule is O=C(O)c1cc(OC(F)(F)CF)ccc1OC(F)(F)CF. The summed E-state index contributed by atoms with van der Waals surface area (Å²) in [6.07, 6.45) is -8.49. The Morgan fingerprint density at radius 3 is 2.05 bits per heavy atom. The molecule has 0 aliphatic heterocycles. The van der Waals surface area contributed by atoms with Crippen LogP contribution in [-0.4, -0.2) is 36.6 Å². The van der Waals surface area contributed by atoms with E-state index >= 15 is 0 Å². The Balaban J connectivity index is 3.11. The molecular weight excluding hydrogens is 310 g/mol. The van der Waals surface area contributed by atoms with Gasteiger partial charge in [-0.3, -0.25) is 0 Å². The van der Waals surface area contributed by atoms with Crippen molar-refractivity contribution in [3.8, 4) is 11.5 Å². The Bertz CT molecular complexity index is 519. The zero-order chi connectivity index (χ0) is 16.3. The molecule has 0 bridgehead atoms. The summed E-state index contributed by atoms with van der Waals surface area (Å²) >= 11 is 0. The first-order chi connectivity index (χ1) is 9.60. The fourth-order valence-electron chi connectivity index (χ4n) is 1.22. The number of alkyl halides is 6. The van der Waals surface area contributed by atoms with E-state index in [4.69, 9.17) is 5.11 Å². The second-order valence-electron chi connectivity index (χ2n) is 3.71. The molecule has 0 spiro atoms. The fraction of sp³-hybridized carbons (Fsp3) is 0.364. The van der Waals surface area contributed by atoms with Crippen LogP contribution in [0.3, 0.4) is 0 Å². The van der Waals surface area contributed by atoms with Crippen LogP contribution in [0.25, 0.3) is 0 Å². The molecule has 0 aliphatic rings. The third-order valence-electron chi connectivity index (χ3n) is 2.02. The van der Waals surface area contributed by atoms with Gasteiger partial charge in [0.1, 0.15) is 17.1 Å². The van der Waals surface area contributed by atoms with E-state index in [0.717, 1.165) is 0 Å². The Labute approximate surface area is 113 Å². The minimum atomic E-state index is -4.28. The van der Waals surface area contributed by atoms with Crippen molar-refractivity contribution < 1.29 is 45.7 Å². The van der Waals surface area contributed by atoms with E-state index in [0.29, 0.717) is 18.2 Å². The zero-order valence-electron chi connectivity index (χ0n) is 10.1. The van der Waals surface area contributed by atoms with Crippen LogP contribution in [0.4, 0.5) is 26.3 Å². The first-order valence-corrected chi connectivity index (χ1v) is 5.23. The van der Waals surface area contributed by atoms with Gasteiger partial charge in [0.2, 0.25) is 0 Å². The molecule has 0 atom stereocenters. The van der Waals surface area contributed by atoms with Gasteiger partial charge in [-0.1, -0.05) is 0 Å². The van der Waals surface area contributed by atoms with Crippen LogP contribution in [0.15, 0.2) is 18.2 Å². The first kappa shape index (κ1) is 16.9. The van der Waals surface area contributed by atoms with Crippen molar-refractivity contribution >= 4 is 5.97 Å². The third-order valence-corrected chi connectivity index (χ3v) is 2.02. The second-order valence-corrected chi connectivity index (χ2v) is 3.71. The number of aromatic carboxylic acids is 1. The maximum atomic E-state index is 12.7. The van der Waals surface area contributed by atoms with Gasteiger partial charge in [-0.2, -0.15) is 17.6 Å². The van der Waals surface area contributed by atoms with Gasteiger partial charge < -0.3 is 14.6 Å². The van der Waals surface area contributed by atoms with Crippen molar-refractivity contribution in [1.82, 2.24) is 0 Å². The monoisotopic (exact) mass is 318 g/mol. The summed E-state index contributed by atoms with van der Waals surface area (Å²) < 4.78 is 82.3. The van der Waals surface area contributed by atoms with Crippen molar-refractivity contribution in [2.24, 2.45) is 0 Å². The molecule has 1 N–H and O–H groups in total. The van der Waals surface area contributed by atoms with Crippen LogP contribution in [-0.2, 0) is 0 Å². The standard InChI is InChI=1S/C11H8F6O4/c12-4-10(14,15)20-6-1-2-8(7(3-6)9(18)19)21-11(16,17)5-13/h1-3H,4-5H2,(H,18,19). The molecule has 1 rings (SSSR count). The van der Waals surface area contributed by atoms with E-state index in [1.165, 1.54) is 0 Å². The van der Waals surface area contributed by atoms with Gasteiger partial charge >= 0.3 is 18.2 Å². The number of hydrogen-bond donors (Lipinski definition) is 1. The highest BCUT2D eigenvalue weighted by Gasteiger charge is 2.35. The summed E-state index contributed by atoms with van der Waals surface area (Å²) in [5, 5.41) is 8.78. The summed E-state index contributed by atoms with van der Waals surface area (Å²) in [5.74, 6) is -3.55.